The van der Waals surface area contributed by atoms with Crippen LogP contribution in [0.25, 0.3) is 0 Å². The number of hydrogen-bond donors (Lipinski definition) is 2. The number of aryl methyl sites for hydroxylation is 1. The Bertz CT molecular complexity index is 844. The number of rotatable bonds is 8. The molecule has 0 aromatic heterocycles. The molecule has 0 aliphatic rings. The molecule has 3 aromatic rings. The Morgan fingerprint density at radius 3 is 2.22 bits per heavy atom. The van der Waals surface area contributed by atoms with Gasteiger partial charge in [0, 0.05) is 24.3 Å². The van der Waals surface area contributed by atoms with Gasteiger partial charge in [0.05, 0.1) is 0 Å². The van der Waals surface area contributed by atoms with Crippen molar-refractivity contribution >= 4 is 17.3 Å². The highest BCUT2D eigenvalue weighted by Crippen LogP contribution is 2.17. The van der Waals surface area contributed by atoms with Gasteiger partial charge in [0.2, 0.25) is 5.91 Å². The first kappa shape index (κ1) is 18.5. The van der Waals surface area contributed by atoms with E-state index in [2.05, 4.69) is 17.6 Å². The summed E-state index contributed by atoms with van der Waals surface area (Å²) in [5.41, 5.74) is 4.13. The second kappa shape index (κ2) is 9.43. The minimum absolute atomic E-state index is 0.0208. The van der Waals surface area contributed by atoms with Crippen LogP contribution in [0.1, 0.15) is 17.5 Å². The smallest absolute Gasteiger partial charge is 0.226 e. The molecule has 0 aliphatic carbocycles. The minimum atomic E-state index is -0.0208. The number of anilines is 2. The fraction of sp³-hybridized carbons (Fsp3) is 0.174. The molecule has 2 N–H and O–H groups in total. The number of carbonyl (C=O) groups excluding carboxylic acids is 1. The van der Waals surface area contributed by atoms with Crippen molar-refractivity contribution in [3.05, 3.63) is 90.0 Å². The lowest BCUT2D eigenvalue weighted by molar-refractivity contribution is -0.115. The van der Waals surface area contributed by atoms with E-state index in [1.807, 2.05) is 78.9 Å². The maximum Gasteiger partial charge on any atom is 0.226 e. The van der Waals surface area contributed by atoms with Crippen molar-refractivity contribution in [3.8, 4) is 5.75 Å². The van der Waals surface area contributed by atoms with Gasteiger partial charge in [-0.25, -0.2) is 0 Å². The molecule has 0 saturated heterocycles. The zero-order valence-electron chi connectivity index (χ0n) is 15.4. The third kappa shape index (κ3) is 6.19. The monoisotopic (exact) mass is 360 g/mol. The standard InChI is InChI=1S/C23H24N2O2/c1-18-7-9-20(10-8-18)24-16-15-23(26)25-21-11-13-22(14-12-21)27-17-19-5-3-2-4-6-19/h2-14,24H,15-17H2,1H3,(H,25,26). The molecular formula is C23H24N2O2. The summed E-state index contributed by atoms with van der Waals surface area (Å²) in [6, 6.07) is 25.6. The van der Waals surface area contributed by atoms with Crippen molar-refractivity contribution in [1.82, 2.24) is 0 Å². The van der Waals surface area contributed by atoms with Crippen molar-refractivity contribution in [1.29, 1.82) is 0 Å². The summed E-state index contributed by atoms with van der Waals surface area (Å²) in [5.74, 6) is 0.755. The van der Waals surface area contributed by atoms with Crippen molar-refractivity contribution in [2.45, 2.75) is 20.0 Å². The van der Waals surface area contributed by atoms with Gasteiger partial charge in [-0.05, 0) is 48.9 Å². The summed E-state index contributed by atoms with van der Waals surface area (Å²) < 4.78 is 5.75. The van der Waals surface area contributed by atoms with E-state index in [1.165, 1.54) is 5.56 Å². The van der Waals surface area contributed by atoms with Crippen LogP contribution in [0, 0.1) is 6.92 Å². The first-order valence-electron chi connectivity index (χ1n) is 9.06. The van der Waals surface area contributed by atoms with Crippen LogP contribution in [0.5, 0.6) is 5.75 Å². The normalized spacial score (nSPS) is 10.3. The number of carbonyl (C=O) groups is 1. The Kier molecular flexibility index (Phi) is 6.47. The number of ether oxygens (including phenoxy) is 1. The lowest BCUT2D eigenvalue weighted by atomic mass is 10.2. The third-order valence-electron chi connectivity index (χ3n) is 4.12. The van der Waals surface area contributed by atoms with E-state index in [1.54, 1.807) is 0 Å². The van der Waals surface area contributed by atoms with Crippen molar-refractivity contribution in [2.24, 2.45) is 0 Å². The summed E-state index contributed by atoms with van der Waals surface area (Å²) in [6.07, 6.45) is 0.403. The summed E-state index contributed by atoms with van der Waals surface area (Å²) >= 11 is 0. The first-order chi connectivity index (χ1) is 13.2. The molecule has 0 unspecified atom stereocenters. The highest BCUT2D eigenvalue weighted by molar-refractivity contribution is 5.91. The summed E-state index contributed by atoms with van der Waals surface area (Å²) in [7, 11) is 0. The highest BCUT2D eigenvalue weighted by Gasteiger charge is 2.03. The Labute approximate surface area is 160 Å². The van der Waals surface area contributed by atoms with Crippen LogP contribution in [0.15, 0.2) is 78.9 Å². The largest absolute Gasteiger partial charge is 0.489 e. The summed E-state index contributed by atoms with van der Waals surface area (Å²) in [4.78, 5) is 12.1. The van der Waals surface area contributed by atoms with Gasteiger partial charge >= 0.3 is 0 Å². The van der Waals surface area contributed by atoms with Crippen LogP contribution in [0.4, 0.5) is 11.4 Å². The van der Waals surface area contributed by atoms with Crippen LogP contribution in [-0.2, 0) is 11.4 Å². The van der Waals surface area contributed by atoms with Crippen molar-refractivity contribution < 1.29 is 9.53 Å². The summed E-state index contributed by atoms with van der Waals surface area (Å²) in [5, 5.41) is 6.15. The average Bonchev–Trinajstić information content (AvgIpc) is 2.70. The Hall–Kier alpha value is -3.27. The quantitative estimate of drug-likeness (QED) is 0.593. The van der Waals surface area contributed by atoms with Gasteiger partial charge in [-0.2, -0.15) is 0 Å². The van der Waals surface area contributed by atoms with Crippen molar-refractivity contribution in [3.63, 3.8) is 0 Å². The molecule has 0 radical (unpaired) electrons. The van der Waals surface area contributed by atoms with Gasteiger partial charge in [-0.1, -0.05) is 48.0 Å². The molecular weight excluding hydrogens is 336 g/mol. The van der Waals surface area contributed by atoms with E-state index in [9.17, 15) is 4.79 Å². The fourth-order valence-electron chi connectivity index (χ4n) is 2.59. The van der Waals surface area contributed by atoms with E-state index in [-0.39, 0.29) is 5.91 Å². The fourth-order valence-corrected chi connectivity index (χ4v) is 2.59. The molecule has 4 nitrogen and oxygen atoms in total. The lowest BCUT2D eigenvalue weighted by Crippen LogP contribution is -2.16. The summed E-state index contributed by atoms with van der Waals surface area (Å²) in [6.45, 7) is 3.17. The van der Waals surface area contributed by atoms with Crippen LogP contribution >= 0.6 is 0 Å². The molecule has 3 aromatic carbocycles. The highest BCUT2D eigenvalue weighted by atomic mass is 16.5. The molecule has 27 heavy (non-hydrogen) atoms. The van der Waals surface area contributed by atoms with E-state index in [0.29, 0.717) is 19.6 Å². The maximum atomic E-state index is 12.1. The number of benzene rings is 3. The molecule has 138 valence electrons. The zero-order valence-corrected chi connectivity index (χ0v) is 15.4. The Balaban J connectivity index is 1.40. The van der Waals surface area contributed by atoms with Gasteiger partial charge in [-0.15, -0.1) is 0 Å². The number of nitrogens with one attached hydrogen (secondary N) is 2. The molecule has 3 rings (SSSR count). The Morgan fingerprint density at radius 2 is 1.52 bits per heavy atom. The van der Waals surface area contributed by atoms with E-state index >= 15 is 0 Å². The molecule has 0 saturated carbocycles. The topological polar surface area (TPSA) is 50.4 Å². The minimum Gasteiger partial charge on any atom is -0.489 e. The van der Waals surface area contributed by atoms with Crippen LogP contribution in [0.3, 0.4) is 0 Å². The molecule has 0 spiro atoms. The second-order valence-corrected chi connectivity index (χ2v) is 6.39. The molecule has 0 fully saturated rings. The van der Waals surface area contributed by atoms with Gasteiger partial charge in [0.1, 0.15) is 12.4 Å². The number of hydrogen-bond acceptors (Lipinski definition) is 3. The Morgan fingerprint density at radius 1 is 0.852 bits per heavy atom. The van der Waals surface area contributed by atoms with Crippen LogP contribution in [0.2, 0.25) is 0 Å². The maximum absolute atomic E-state index is 12.1. The molecule has 4 heteroatoms. The van der Waals surface area contributed by atoms with Gasteiger partial charge in [-0.3, -0.25) is 4.79 Å². The molecule has 0 bridgehead atoms. The van der Waals surface area contributed by atoms with E-state index in [4.69, 9.17) is 4.74 Å². The van der Waals surface area contributed by atoms with Gasteiger partial charge in [0.25, 0.3) is 0 Å². The van der Waals surface area contributed by atoms with Crippen molar-refractivity contribution in [2.75, 3.05) is 17.2 Å². The molecule has 0 atom stereocenters. The van der Waals surface area contributed by atoms with Crippen LogP contribution in [-0.4, -0.2) is 12.5 Å². The predicted molar refractivity (Wildman–Crippen MR) is 110 cm³/mol. The third-order valence-corrected chi connectivity index (χ3v) is 4.12. The van der Waals surface area contributed by atoms with E-state index < -0.39 is 0 Å². The predicted octanol–water partition coefficient (Wildman–Crippen LogP) is 5.01. The average molecular weight is 360 g/mol. The van der Waals surface area contributed by atoms with Gasteiger partial charge in [0.15, 0.2) is 0 Å². The van der Waals surface area contributed by atoms with E-state index in [0.717, 1.165) is 22.7 Å². The number of amides is 1. The SMILES string of the molecule is Cc1ccc(NCCC(=O)Nc2ccc(OCc3ccccc3)cc2)cc1. The molecule has 0 aliphatic heterocycles. The molecule has 0 heterocycles. The van der Waals surface area contributed by atoms with Gasteiger partial charge < -0.3 is 15.4 Å². The second-order valence-electron chi connectivity index (χ2n) is 6.39. The molecule has 1 amide bonds. The zero-order chi connectivity index (χ0) is 18.9. The lowest BCUT2D eigenvalue weighted by Gasteiger charge is -2.09. The first-order valence-corrected chi connectivity index (χ1v) is 9.06. The van der Waals surface area contributed by atoms with Crippen LogP contribution < -0.4 is 15.4 Å².